The van der Waals surface area contributed by atoms with Gasteiger partial charge in [0.15, 0.2) is 0 Å². The van der Waals surface area contributed by atoms with Gasteiger partial charge in [-0.25, -0.2) is 0 Å². The summed E-state index contributed by atoms with van der Waals surface area (Å²) < 4.78 is 0. The zero-order chi connectivity index (χ0) is 15.4. The van der Waals surface area contributed by atoms with Crippen molar-refractivity contribution in [1.29, 1.82) is 0 Å². The van der Waals surface area contributed by atoms with Crippen LogP contribution >= 0.6 is 23.2 Å². The highest BCUT2D eigenvalue weighted by molar-refractivity contribution is 6.35. The van der Waals surface area contributed by atoms with Gasteiger partial charge in [-0.1, -0.05) is 43.1 Å². The summed E-state index contributed by atoms with van der Waals surface area (Å²) in [6, 6.07) is 6.59. The maximum atomic E-state index is 6.29. The van der Waals surface area contributed by atoms with Crippen LogP contribution in [0, 0.1) is 5.92 Å². The van der Waals surface area contributed by atoms with E-state index in [1.165, 1.54) is 32.5 Å². The lowest BCUT2D eigenvalue weighted by atomic mass is 10.0. The first-order valence-corrected chi connectivity index (χ1v) is 8.64. The van der Waals surface area contributed by atoms with Crippen molar-refractivity contribution in [2.75, 3.05) is 19.6 Å². The number of nitrogens with zero attached hydrogens (tertiary/aromatic N) is 1. The molecule has 0 spiro atoms. The molecule has 2 rings (SSSR count). The second-order valence-corrected chi connectivity index (χ2v) is 7.37. The Morgan fingerprint density at radius 2 is 1.86 bits per heavy atom. The average Bonchev–Trinajstić information content (AvgIpc) is 2.40. The van der Waals surface area contributed by atoms with Crippen molar-refractivity contribution in [3.8, 4) is 0 Å². The van der Waals surface area contributed by atoms with Gasteiger partial charge in [-0.15, -0.1) is 0 Å². The molecule has 1 aliphatic heterocycles. The van der Waals surface area contributed by atoms with E-state index in [0.717, 1.165) is 16.5 Å². The first kappa shape index (κ1) is 17.1. The zero-order valence-electron chi connectivity index (χ0n) is 13.2. The number of halogens is 2. The molecule has 1 aliphatic rings. The summed E-state index contributed by atoms with van der Waals surface area (Å²) in [6.07, 6.45) is 2.42. The zero-order valence-corrected chi connectivity index (χ0v) is 14.7. The van der Waals surface area contributed by atoms with Crippen molar-refractivity contribution in [2.45, 2.75) is 45.7 Å². The van der Waals surface area contributed by atoms with Crippen molar-refractivity contribution in [3.63, 3.8) is 0 Å². The fraction of sp³-hybridized carbons (Fsp3) is 0.647. The third-order valence-electron chi connectivity index (χ3n) is 4.13. The standard InChI is InChI=1S/C17H26Cl2N2/c1-12(2)11-21-8-6-15(7-9-21)20-13(3)16-5-4-14(18)10-17(16)19/h4-5,10,12-13,15,20H,6-9,11H2,1-3H3. The van der Waals surface area contributed by atoms with Crippen molar-refractivity contribution >= 4 is 23.2 Å². The predicted octanol–water partition coefficient (Wildman–Crippen LogP) is 4.76. The van der Waals surface area contributed by atoms with Gasteiger partial charge >= 0.3 is 0 Å². The summed E-state index contributed by atoms with van der Waals surface area (Å²) in [4.78, 5) is 2.57. The fourth-order valence-corrected chi connectivity index (χ4v) is 3.67. The molecule has 1 heterocycles. The van der Waals surface area contributed by atoms with Crippen LogP contribution in [-0.4, -0.2) is 30.6 Å². The number of rotatable bonds is 5. The average molecular weight is 329 g/mol. The highest BCUT2D eigenvalue weighted by Gasteiger charge is 2.21. The molecule has 0 aliphatic carbocycles. The number of benzene rings is 1. The minimum Gasteiger partial charge on any atom is -0.307 e. The maximum Gasteiger partial charge on any atom is 0.0468 e. The molecule has 1 fully saturated rings. The van der Waals surface area contributed by atoms with Crippen molar-refractivity contribution < 1.29 is 0 Å². The Balaban J connectivity index is 1.85. The summed E-state index contributed by atoms with van der Waals surface area (Å²) in [5.41, 5.74) is 1.13. The Labute approximate surface area is 138 Å². The second kappa shape index (κ2) is 7.82. The van der Waals surface area contributed by atoms with E-state index in [4.69, 9.17) is 23.2 Å². The Kier molecular flexibility index (Phi) is 6.36. The van der Waals surface area contributed by atoms with Crippen LogP contribution in [0.4, 0.5) is 0 Å². The topological polar surface area (TPSA) is 15.3 Å². The van der Waals surface area contributed by atoms with Gasteiger partial charge in [0.05, 0.1) is 0 Å². The van der Waals surface area contributed by atoms with Crippen LogP contribution in [0.3, 0.4) is 0 Å². The van der Waals surface area contributed by atoms with Gasteiger partial charge in [0.25, 0.3) is 0 Å². The molecule has 0 radical (unpaired) electrons. The molecule has 1 N–H and O–H groups in total. The molecule has 1 unspecified atom stereocenters. The van der Waals surface area contributed by atoms with Crippen molar-refractivity contribution in [1.82, 2.24) is 10.2 Å². The summed E-state index contributed by atoms with van der Waals surface area (Å²) in [6.45, 7) is 10.3. The summed E-state index contributed by atoms with van der Waals surface area (Å²) in [5.74, 6) is 0.751. The van der Waals surface area contributed by atoms with Crippen molar-refractivity contribution in [3.05, 3.63) is 33.8 Å². The highest BCUT2D eigenvalue weighted by Crippen LogP contribution is 2.27. The molecule has 0 aromatic heterocycles. The minimum absolute atomic E-state index is 0.261. The Bertz CT molecular complexity index is 454. The fourth-order valence-electron chi connectivity index (χ4n) is 3.09. The molecule has 4 heteroatoms. The molecule has 118 valence electrons. The first-order valence-electron chi connectivity index (χ1n) is 7.89. The Morgan fingerprint density at radius 1 is 1.19 bits per heavy atom. The SMILES string of the molecule is CC(C)CN1CCC(NC(C)c2ccc(Cl)cc2Cl)CC1. The molecule has 1 aromatic carbocycles. The van der Waals surface area contributed by atoms with E-state index in [9.17, 15) is 0 Å². The lowest BCUT2D eigenvalue weighted by molar-refractivity contribution is 0.175. The molecule has 1 saturated heterocycles. The van der Waals surface area contributed by atoms with Crippen LogP contribution in [0.25, 0.3) is 0 Å². The summed E-state index contributed by atoms with van der Waals surface area (Å²) in [5, 5.41) is 5.16. The van der Waals surface area contributed by atoms with E-state index in [2.05, 4.69) is 31.0 Å². The molecule has 1 atom stereocenters. The molecule has 21 heavy (non-hydrogen) atoms. The largest absolute Gasteiger partial charge is 0.307 e. The third kappa shape index (κ3) is 5.14. The molecule has 0 amide bonds. The molecular weight excluding hydrogens is 303 g/mol. The quantitative estimate of drug-likeness (QED) is 0.837. The molecule has 0 saturated carbocycles. The lowest BCUT2D eigenvalue weighted by Crippen LogP contribution is -2.44. The van der Waals surface area contributed by atoms with Crippen LogP contribution in [0.1, 0.15) is 45.2 Å². The molecular formula is C17H26Cl2N2. The number of nitrogens with one attached hydrogen (secondary N) is 1. The smallest absolute Gasteiger partial charge is 0.0468 e. The van der Waals surface area contributed by atoms with E-state index in [1.54, 1.807) is 0 Å². The van der Waals surface area contributed by atoms with Crippen LogP contribution in [0.5, 0.6) is 0 Å². The van der Waals surface area contributed by atoms with Gasteiger partial charge in [0, 0.05) is 28.7 Å². The van der Waals surface area contributed by atoms with Crippen LogP contribution < -0.4 is 5.32 Å². The van der Waals surface area contributed by atoms with E-state index >= 15 is 0 Å². The molecule has 2 nitrogen and oxygen atoms in total. The van der Waals surface area contributed by atoms with Crippen LogP contribution in [0.2, 0.25) is 10.0 Å². The number of hydrogen-bond acceptors (Lipinski definition) is 2. The highest BCUT2D eigenvalue weighted by atomic mass is 35.5. The molecule has 0 bridgehead atoms. The first-order chi connectivity index (χ1) is 9.95. The minimum atomic E-state index is 0.261. The lowest BCUT2D eigenvalue weighted by Gasteiger charge is -2.35. The number of hydrogen-bond donors (Lipinski definition) is 1. The maximum absolute atomic E-state index is 6.29. The molecule has 1 aromatic rings. The third-order valence-corrected chi connectivity index (χ3v) is 4.69. The monoisotopic (exact) mass is 328 g/mol. The van der Waals surface area contributed by atoms with Crippen molar-refractivity contribution in [2.24, 2.45) is 5.92 Å². The van der Waals surface area contributed by atoms with Gasteiger partial charge in [-0.05, 0) is 56.5 Å². The number of likely N-dealkylation sites (tertiary alicyclic amines) is 1. The Morgan fingerprint density at radius 3 is 2.43 bits per heavy atom. The Hall–Kier alpha value is -0.280. The van der Waals surface area contributed by atoms with E-state index in [-0.39, 0.29) is 6.04 Å². The number of piperidine rings is 1. The second-order valence-electron chi connectivity index (χ2n) is 6.52. The van der Waals surface area contributed by atoms with Crippen LogP contribution in [0.15, 0.2) is 18.2 Å². The summed E-state index contributed by atoms with van der Waals surface area (Å²) >= 11 is 12.3. The van der Waals surface area contributed by atoms with E-state index in [1.807, 2.05) is 18.2 Å². The summed E-state index contributed by atoms with van der Waals surface area (Å²) in [7, 11) is 0. The van der Waals surface area contributed by atoms with E-state index < -0.39 is 0 Å². The van der Waals surface area contributed by atoms with E-state index in [0.29, 0.717) is 11.1 Å². The normalized spacial score (nSPS) is 19.1. The van der Waals surface area contributed by atoms with Gasteiger partial charge in [-0.3, -0.25) is 0 Å². The predicted molar refractivity (Wildman–Crippen MR) is 92.3 cm³/mol. The van der Waals surface area contributed by atoms with Gasteiger partial charge in [0.2, 0.25) is 0 Å². The van der Waals surface area contributed by atoms with Gasteiger partial charge in [0.1, 0.15) is 0 Å². The van der Waals surface area contributed by atoms with Crippen LogP contribution in [-0.2, 0) is 0 Å². The van der Waals surface area contributed by atoms with Gasteiger partial charge in [-0.2, -0.15) is 0 Å². The van der Waals surface area contributed by atoms with Gasteiger partial charge < -0.3 is 10.2 Å².